The lowest BCUT2D eigenvalue weighted by molar-refractivity contribution is 0.108. The summed E-state index contributed by atoms with van der Waals surface area (Å²) in [5.74, 6) is 0.287. The van der Waals surface area contributed by atoms with Crippen LogP contribution in [-0.4, -0.2) is 24.9 Å². The summed E-state index contributed by atoms with van der Waals surface area (Å²) in [6.07, 6.45) is 5.01. The van der Waals surface area contributed by atoms with Crippen LogP contribution in [0.2, 0.25) is 0 Å². The first kappa shape index (κ1) is 16.6. The van der Waals surface area contributed by atoms with Crippen LogP contribution in [0, 0.1) is 16.5 Å². The number of hydroxylamine groups is 1. The molecule has 1 saturated heterocycles. The molecule has 126 valence electrons. The molecule has 0 atom stereocenters. The fraction of sp³-hybridized carbons (Fsp3) is 0.611. The van der Waals surface area contributed by atoms with Crippen LogP contribution < -0.4 is 9.96 Å². The van der Waals surface area contributed by atoms with Crippen molar-refractivity contribution in [3.63, 3.8) is 0 Å². The van der Waals surface area contributed by atoms with E-state index in [9.17, 15) is 10.0 Å². The Kier molecular flexibility index (Phi) is 4.56. The van der Waals surface area contributed by atoms with E-state index in [4.69, 9.17) is 11.6 Å². The van der Waals surface area contributed by atoms with Gasteiger partial charge in [0.15, 0.2) is 0 Å². The fourth-order valence-electron chi connectivity index (χ4n) is 3.44. The van der Waals surface area contributed by atoms with Crippen molar-refractivity contribution < 1.29 is 4.79 Å². The predicted octanol–water partition coefficient (Wildman–Crippen LogP) is 4.41. The van der Waals surface area contributed by atoms with Crippen molar-refractivity contribution in [2.24, 2.45) is 11.3 Å². The van der Waals surface area contributed by atoms with Crippen LogP contribution in [0.4, 0.5) is 11.4 Å². The van der Waals surface area contributed by atoms with Crippen molar-refractivity contribution in [3.05, 3.63) is 29.0 Å². The molecule has 0 unspecified atom stereocenters. The van der Waals surface area contributed by atoms with E-state index in [0.29, 0.717) is 23.2 Å². The Hall–Kier alpha value is -1.26. The highest BCUT2D eigenvalue weighted by Gasteiger charge is 2.44. The van der Waals surface area contributed by atoms with Gasteiger partial charge in [-0.15, -0.1) is 0 Å². The number of anilines is 2. The summed E-state index contributed by atoms with van der Waals surface area (Å²) >= 11 is 5.75. The molecular formula is C18H24ClN2O2-. The number of hydrogen-bond acceptors (Lipinski definition) is 4. The molecule has 1 spiro atoms. The molecule has 1 aromatic carbocycles. The molecule has 1 aliphatic carbocycles. The number of rotatable bonds is 5. The highest BCUT2D eigenvalue weighted by Crippen LogP contribution is 2.54. The summed E-state index contributed by atoms with van der Waals surface area (Å²) in [6, 6.07) is 5.21. The van der Waals surface area contributed by atoms with Gasteiger partial charge in [-0.3, -0.25) is 4.79 Å². The van der Waals surface area contributed by atoms with E-state index in [0.717, 1.165) is 23.8 Å². The van der Waals surface area contributed by atoms with Crippen LogP contribution in [0.3, 0.4) is 0 Å². The second-order valence-electron chi connectivity index (χ2n) is 7.42. The topological polar surface area (TPSA) is 46.6 Å². The lowest BCUT2D eigenvalue weighted by atomic mass is 9.93. The van der Waals surface area contributed by atoms with Crippen molar-refractivity contribution in [1.29, 1.82) is 0 Å². The quantitative estimate of drug-likeness (QED) is 0.590. The van der Waals surface area contributed by atoms with Crippen molar-refractivity contribution in [1.82, 2.24) is 0 Å². The summed E-state index contributed by atoms with van der Waals surface area (Å²) < 4.78 is 0. The van der Waals surface area contributed by atoms with Gasteiger partial charge in [0.2, 0.25) is 0 Å². The Morgan fingerprint density at radius 1 is 1.30 bits per heavy atom. The summed E-state index contributed by atoms with van der Waals surface area (Å²) in [5.41, 5.74) is 2.48. The third kappa shape index (κ3) is 3.64. The summed E-state index contributed by atoms with van der Waals surface area (Å²) in [4.78, 5) is 14.0. The minimum Gasteiger partial charge on any atom is -0.758 e. The van der Waals surface area contributed by atoms with Crippen molar-refractivity contribution >= 4 is 28.2 Å². The second kappa shape index (κ2) is 6.33. The molecule has 0 radical (unpaired) electrons. The van der Waals surface area contributed by atoms with E-state index < -0.39 is 5.24 Å². The average Bonchev–Trinajstić information content (AvgIpc) is 3.26. The highest BCUT2D eigenvalue weighted by atomic mass is 35.5. The lowest BCUT2D eigenvalue weighted by Gasteiger charge is -2.37. The van der Waals surface area contributed by atoms with Crippen molar-refractivity contribution in [3.8, 4) is 0 Å². The van der Waals surface area contributed by atoms with Crippen LogP contribution in [0.5, 0.6) is 0 Å². The molecule has 23 heavy (non-hydrogen) atoms. The van der Waals surface area contributed by atoms with Crippen molar-refractivity contribution in [2.45, 2.75) is 39.5 Å². The minimum atomic E-state index is -0.459. The third-order valence-corrected chi connectivity index (χ3v) is 5.34. The van der Waals surface area contributed by atoms with Crippen LogP contribution >= 0.6 is 11.6 Å². The molecule has 0 aromatic heterocycles. The summed E-state index contributed by atoms with van der Waals surface area (Å²) in [5, 5.41) is 12.8. The molecule has 1 aromatic rings. The molecule has 1 aliphatic heterocycles. The Balaban J connectivity index is 1.84. The first-order chi connectivity index (χ1) is 10.9. The maximum Gasteiger partial charge on any atom is 0.254 e. The van der Waals surface area contributed by atoms with Crippen molar-refractivity contribution in [2.75, 3.05) is 29.6 Å². The molecule has 2 aliphatic rings. The van der Waals surface area contributed by atoms with E-state index in [2.05, 4.69) is 4.90 Å². The Morgan fingerprint density at radius 3 is 2.48 bits per heavy atom. The van der Waals surface area contributed by atoms with Gasteiger partial charge in [-0.1, -0.05) is 13.8 Å². The van der Waals surface area contributed by atoms with Crippen LogP contribution in [0.15, 0.2) is 18.2 Å². The van der Waals surface area contributed by atoms with Crippen LogP contribution in [0.1, 0.15) is 49.9 Å². The number of nitrogens with zero attached hydrogens (tertiary/aromatic N) is 2. The zero-order chi connectivity index (χ0) is 16.6. The SMILES string of the molecule is CC(C)CN([O-])c1ccc(C(=O)Cl)c(N2CCC3(CC2)CC3)c1. The summed E-state index contributed by atoms with van der Waals surface area (Å²) in [7, 11) is 0. The van der Waals surface area contributed by atoms with Gasteiger partial charge in [0.1, 0.15) is 0 Å². The maximum absolute atomic E-state index is 12.3. The number of carbonyl (C=O) groups is 1. The monoisotopic (exact) mass is 335 g/mol. The number of halogens is 1. The van der Waals surface area contributed by atoms with E-state index in [1.165, 1.54) is 25.7 Å². The molecule has 2 fully saturated rings. The standard InChI is InChI=1S/C18H24ClN2O2/c1-13(2)12-21(23)14-3-4-15(17(19)22)16(11-14)20-9-7-18(5-6-18)8-10-20/h3-4,11,13H,5-10,12H2,1-2H3/q-1. The number of piperidine rings is 1. The molecule has 1 heterocycles. The Labute approximate surface area is 143 Å². The predicted molar refractivity (Wildman–Crippen MR) is 95.3 cm³/mol. The zero-order valence-corrected chi connectivity index (χ0v) is 14.6. The molecule has 5 heteroatoms. The fourth-order valence-corrected chi connectivity index (χ4v) is 3.60. The molecule has 1 saturated carbocycles. The van der Waals surface area contributed by atoms with Gasteiger partial charge in [-0.05, 0) is 66.8 Å². The molecular weight excluding hydrogens is 312 g/mol. The smallest absolute Gasteiger partial charge is 0.254 e. The Bertz CT molecular complexity index is 589. The maximum atomic E-state index is 12.3. The van der Waals surface area contributed by atoms with Gasteiger partial charge in [0, 0.05) is 25.3 Å². The van der Waals surface area contributed by atoms with E-state index in [1.54, 1.807) is 12.1 Å². The van der Waals surface area contributed by atoms with Gasteiger partial charge in [0.25, 0.3) is 5.24 Å². The van der Waals surface area contributed by atoms with Gasteiger partial charge < -0.3 is 15.2 Å². The molecule has 3 rings (SSSR count). The first-order valence-electron chi connectivity index (χ1n) is 8.44. The molecule has 0 bridgehead atoms. The first-order valence-corrected chi connectivity index (χ1v) is 8.81. The molecule has 0 N–H and O–H groups in total. The van der Waals surface area contributed by atoms with Crippen LogP contribution in [-0.2, 0) is 0 Å². The van der Waals surface area contributed by atoms with Crippen LogP contribution in [0.25, 0.3) is 0 Å². The Morgan fingerprint density at radius 2 is 1.96 bits per heavy atom. The van der Waals surface area contributed by atoms with Gasteiger partial charge in [-0.2, -0.15) is 0 Å². The van der Waals surface area contributed by atoms with E-state index in [1.807, 2.05) is 19.9 Å². The third-order valence-electron chi connectivity index (χ3n) is 5.13. The number of benzene rings is 1. The highest BCUT2D eigenvalue weighted by molar-refractivity contribution is 6.68. The minimum absolute atomic E-state index is 0.287. The molecule has 4 nitrogen and oxygen atoms in total. The number of hydrogen-bond donors (Lipinski definition) is 0. The number of carbonyl (C=O) groups excluding carboxylic acids is 1. The summed E-state index contributed by atoms with van der Waals surface area (Å²) in [6.45, 7) is 6.34. The average molecular weight is 336 g/mol. The van der Waals surface area contributed by atoms with E-state index in [-0.39, 0.29) is 5.92 Å². The largest absolute Gasteiger partial charge is 0.758 e. The second-order valence-corrected chi connectivity index (χ2v) is 7.76. The molecule has 0 amide bonds. The van der Waals surface area contributed by atoms with Gasteiger partial charge >= 0.3 is 0 Å². The normalized spacial score (nSPS) is 19.3. The lowest BCUT2D eigenvalue weighted by Crippen LogP contribution is -2.35. The zero-order valence-electron chi connectivity index (χ0n) is 13.8. The van der Waals surface area contributed by atoms with Gasteiger partial charge in [-0.25, -0.2) is 0 Å². The van der Waals surface area contributed by atoms with Gasteiger partial charge in [0.05, 0.1) is 11.3 Å². The van der Waals surface area contributed by atoms with E-state index >= 15 is 0 Å².